The van der Waals surface area contributed by atoms with Crippen LogP contribution in [0.4, 0.5) is 16.2 Å². The summed E-state index contributed by atoms with van der Waals surface area (Å²) in [6.45, 7) is 3.02. The summed E-state index contributed by atoms with van der Waals surface area (Å²) in [5, 5.41) is 10.2. The van der Waals surface area contributed by atoms with Gasteiger partial charge in [-0.1, -0.05) is 6.07 Å². The van der Waals surface area contributed by atoms with Gasteiger partial charge in [-0.15, -0.1) is 0 Å². The molecule has 3 fully saturated rings. The van der Waals surface area contributed by atoms with Crippen molar-refractivity contribution in [2.45, 2.75) is 25.3 Å². The maximum atomic E-state index is 12.4. The second kappa shape index (κ2) is 7.80. The van der Waals surface area contributed by atoms with Crippen molar-refractivity contribution in [3.63, 3.8) is 0 Å². The van der Waals surface area contributed by atoms with E-state index in [0.29, 0.717) is 12.3 Å². The molecule has 1 aromatic heterocycles. The molecule has 0 aliphatic carbocycles. The summed E-state index contributed by atoms with van der Waals surface area (Å²) < 4.78 is 0. The van der Waals surface area contributed by atoms with Crippen LogP contribution in [0.2, 0.25) is 0 Å². The Bertz CT molecular complexity index is 832. The lowest BCUT2D eigenvalue weighted by Gasteiger charge is -2.48. The fourth-order valence-electron chi connectivity index (χ4n) is 4.60. The number of anilines is 2. The molecule has 6 heteroatoms. The Balaban J connectivity index is 1.74. The molecule has 2 bridgehead atoms. The van der Waals surface area contributed by atoms with Gasteiger partial charge in [-0.2, -0.15) is 0 Å². The summed E-state index contributed by atoms with van der Waals surface area (Å²) in [6, 6.07) is 10.1. The SMILES string of the molecule is CN(C)c1ccc(N(C(=O)O)C2CN3CCC2CC3)c(Cc2cccnc2)c1. The van der Waals surface area contributed by atoms with Gasteiger partial charge in [0.15, 0.2) is 0 Å². The highest BCUT2D eigenvalue weighted by Crippen LogP contribution is 2.36. The Morgan fingerprint density at radius 1 is 1.25 bits per heavy atom. The number of fused-ring (bicyclic) bond motifs is 3. The molecule has 0 saturated carbocycles. The van der Waals surface area contributed by atoms with E-state index in [-0.39, 0.29) is 6.04 Å². The molecule has 1 atom stereocenters. The number of carboxylic acid groups (broad SMARTS) is 1. The van der Waals surface area contributed by atoms with Crippen molar-refractivity contribution < 1.29 is 9.90 Å². The summed E-state index contributed by atoms with van der Waals surface area (Å²) in [7, 11) is 4.01. The van der Waals surface area contributed by atoms with E-state index in [9.17, 15) is 9.90 Å². The van der Waals surface area contributed by atoms with Crippen LogP contribution in [0.15, 0.2) is 42.7 Å². The molecule has 0 spiro atoms. The summed E-state index contributed by atoms with van der Waals surface area (Å²) in [4.78, 5) is 22.7. The third kappa shape index (κ3) is 3.69. The predicted molar refractivity (Wildman–Crippen MR) is 111 cm³/mol. The summed E-state index contributed by atoms with van der Waals surface area (Å²) in [5.74, 6) is 0.445. The van der Waals surface area contributed by atoms with Crippen molar-refractivity contribution in [1.82, 2.24) is 9.88 Å². The largest absolute Gasteiger partial charge is 0.465 e. The highest BCUT2D eigenvalue weighted by Gasteiger charge is 2.40. The summed E-state index contributed by atoms with van der Waals surface area (Å²) in [6.07, 6.45) is 5.59. The minimum absolute atomic E-state index is 0.0258. The van der Waals surface area contributed by atoms with Gasteiger partial charge >= 0.3 is 6.09 Å². The molecule has 3 saturated heterocycles. The fourth-order valence-corrected chi connectivity index (χ4v) is 4.60. The van der Waals surface area contributed by atoms with Gasteiger partial charge < -0.3 is 14.9 Å². The lowest BCUT2D eigenvalue weighted by Crippen LogP contribution is -2.59. The Morgan fingerprint density at radius 2 is 2.04 bits per heavy atom. The third-order valence-corrected chi connectivity index (χ3v) is 6.12. The number of hydrogen-bond acceptors (Lipinski definition) is 4. The average Bonchev–Trinajstić information content (AvgIpc) is 2.70. The fraction of sp³-hybridized carbons (Fsp3) is 0.455. The van der Waals surface area contributed by atoms with E-state index < -0.39 is 6.09 Å². The number of piperidine rings is 3. The number of benzene rings is 1. The second-order valence-electron chi connectivity index (χ2n) is 8.10. The van der Waals surface area contributed by atoms with Crippen LogP contribution < -0.4 is 9.80 Å². The van der Waals surface area contributed by atoms with Crippen molar-refractivity contribution in [1.29, 1.82) is 0 Å². The molecule has 3 aliphatic rings. The van der Waals surface area contributed by atoms with Crippen molar-refractivity contribution in [3.8, 4) is 0 Å². The maximum Gasteiger partial charge on any atom is 0.412 e. The Kier molecular flexibility index (Phi) is 5.22. The van der Waals surface area contributed by atoms with Gasteiger partial charge in [0.2, 0.25) is 0 Å². The number of carbonyl (C=O) groups is 1. The first-order valence-electron chi connectivity index (χ1n) is 9.96. The molecule has 1 aromatic carbocycles. The smallest absolute Gasteiger partial charge is 0.412 e. The lowest BCUT2D eigenvalue weighted by molar-refractivity contribution is 0.0837. The van der Waals surface area contributed by atoms with Gasteiger partial charge in [-0.3, -0.25) is 9.88 Å². The van der Waals surface area contributed by atoms with Crippen LogP contribution in [0.1, 0.15) is 24.0 Å². The number of amides is 1. The zero-order chi connectivity index (χ0) is 19.7. The van der Waals surface area contributed by atoms with Gasteiger partial charge in [-0.05, 0) is 67.2 Å². The molecule has 3 aliphatic heterocycles. The number of nitrogens with zero attached hydrogens (tertiary/aromatic N) is 4. The van der Waals surface area contributed by atoms with Crippen molar-refractivity contribution in [2.75, 3.05) is 43.5 Å². The zero-order valence-corrected chi connectivity index (χ0v) is 16.6. The van der Waals surface area contributed by atoms with Crippen molar-refractivity contribution >= 4 is 17.5 Å². The highest BCUT2D eigenvalue weighted by atomic mass is 16.4. The molecular formula is C22H28N4O2. The molecule has 148 valence electrons. The Morgan fingerprint density at radius 3 is 2.61 bits per heavy atom. The third-order valence-electron chi connectivity index (χ3n) is 6.12. The van der Waals surface area contributed by atoms with E-state index in [4.69, 9.17) is 0 Å². The Labute approximate surface area is 166 Å². The monoisotopic (exact) mass is 380 g/mol. The standard InChI is InChI=1S/C22H28N4O2/c1-24(2)19-5-6-20(18(13-19)12-16-4-3-9-23-14-16)26(22(27)28)21-15-25-10-7-17(21)8-11-25/h3-6,9,13-14,17,21H,7-8,10-12,15H2,1-2H3,(H,27,28). The van der Waals surface area contributed by atoms with Crippen LogP contribution in [0.3, 0.4) is 0 Å². The molecule has 2 aromatic rings. The first-order valence-corrected chi connectivity index (χ1v) is 9.96. The normalized spacial score (nSPS) is 23.4. The van der Waals surface area contributed by atoms with Gasteiger partial charge in [0.25, 0.3) is 0 Å². The second-order valence-corrected chi connectivity index (χ2v) is 8.10. The minimum Gasteiger partial charge on any atom is -0.465 e. The topological polar surface area (TPSA) is 59.9 Å². The molecule has 1 unspecified atom stereocenters. The molecule has 5 rings (SSSR count). The molecule has 28 heavy (non-hydrogen) atoms. The van der Waals surface area contributed by atoms with E-state index in [1.54, 1.807) is 11.1 Å². The number of rotatable bonds is 5. The number of aromatic nitrogens is 1. The summed E-state index contributed by atoms with van der Waals surface area (Å²) >= 11 is 0. The van der Waals surface area contributed by atoms with E-state index in [2.05, 4.69) is 20.9 Å². The van der Waals surface area contributed by atoms with Crippen molar-refractivity contribution in [2.24, 2.45) is 5.92 Å². The lowest BCUT2D eigenvalue weighted by atomic mass is 9.82. The Hall–Kier alpha value is -2.60. The van der Waals surface area contributed by atoms with E-state index in [0.717, 1.165) is 55.0 Å². The van der Waals surface area contributed by atoms with E-state index in [1.807, 2.05) is 44.6 Å². The zero-order valence-electron chi connectivity index (χ0n) is 16.6. The average molecular weight is 380 g/mol. The first-order chi connectivity index (χ1) is 13.5. The first kappa shape index (κ1) is 18.7. The van der Waals surface area contributed by atoms with E-state index >= 15 is 0 Å². The van der Waals surface area contributed by atoms with Crippen LogP contribution in [0, 0.1) is 5.92 Å². The molecule has 6 nitrogen and oxygen atoms in total. The highest BCUT2D eigenvalue weighted by molar-refractivity contribution is 5.88. The quantitative estimate of drug-likeness (QED) is 0.862. The molecule has 1 N–H and O–H groups in total. The van der Waals surface area contributed by atoms with Crippen LogP contribution in [0.25, 0.3) is 0 Å². The van der Waals surface area contributed by atoms with Crippen LogP contribution in [-0.4, -0.2) is 60.9 Å². The minimum atomic E-state index is -0.858. The van der Waals surface area contributed by atoms with Gasteiger partial charge in [0.1, 0.15) is 0 Å². The predicted octanol–water partition coefficient (Wildman–Crippen LogP) is 3.32. The van der Waals surface area contributed by atoms with Gasteiger partial charge in [0.05, 0.1) is 11.7 Å². The summed E-state index contributed by atoms with van der Waals surface area (Å²) in [5.41, 5.74) is 3.99. The molecule has 1 amide bonds. The van der Waals surface area contributed by atoms with Crippen molar-refractivity contribution in [3.05, 3.63) is 53.9 Å². The van der Waals surface area contributed by atoms with Gasteiger partial charge in [-0.25, -0.2) is 4.79 Å². The van der Waals surface area contributed by atoms with Crippen LogP contribution in [-0.2, 0) is 6.42 Å². The maximum absolute atomic E-state index is 12.4. The van der Waals surface area contributed by atoms with E-state index in [1.165, 1.54) is 0 Å². The number of pyridine rings is 1. The van der Waals surface area contributed by atoms with Gasteiger partial charge in [0, 0.05) is 45.1 Å². The molecule has 4 heterocycles. The van der Waals surface area contributed by atoms with Crippen LogP contribution >= 0.6 is 0 Å². The molecular weight excluding hydrogens is 352 g/mol. The number of hydrogen-bond donors (Lipinski definition) is 1. The van der Waals surface area contributed by atoms with Crippen LogP contribution in [0.5, 0.6) is 0 Å². The molecule has 0 radical (unpaired) electrons.